The summed E-state index contributed by atoms with van der Waals surface area (Å²) in [5, 5.41) is 3.35. The molecule has 212 valence electrons. The maximum absolute atomic E-state index is 14.1. The minimum atomic E-state index is -2.84. The van der Waals surface area contributed by atoms with E-state index in [-0.39, 0.29) is 11.8 Å². The van der Waals surface area contributed by atoms with Crippen LogP contribution in [0.2, 0.25) is 0 Å². The zero-order valence-corrected chi connectivity index (χ0v) is 22.0. The number of aliphatic imine (C=N–C) groups is 1. The Morgan fingerprint density at radius 2 is 1.68 bits per heavy atom. The van der Waals surface area contributed by atoms with Crippen LogP contribution in [-0.4, -0.2) is 101 Å². The zero-order valence-electron chi connectivity index (χ0n) is 22.0. The molecule has 0 aliphatic carbocycles. The summed E-state index contributed by atoms with van der Waals surface area (Å²) >= 11 is 0. The molecule has 0 bridgehead atoms. The number of hydrogen-bond acceptors (Lipinski definition) is 11. The lowest BCUT2D eigenvalue weighted by atomic mass is 9.95. The van der Waals surface area contributed by atoms with Crippen LogP contribution < -0.4 is 16.0 Å². The van der Waals surface area contributed by atoms with E-state index in [0.29, 0.717) is 49.7 Å². The van der Waals surface area contributed by atoms with E-state index in [1.807, 2.05) is 11.0 Å². The number of rotatable bonds is 8. The fraction of sp³-hybridized carbons (Fsp3) is 0.500. The Balaban J connectivity index is 1.30. The Morgan fingerprint density at radius 1 is 0.950 bits per heavy atom. The molecule has 40 heavy (non-hydrogen) atoms. The Morgan fingerprint density at radius 3 is 2.40 bits per heavy atom. The van der Waals surface area contributed by atoms with E-state index in [2.05, 4.69) is 30.2 Å². The second-order valence-corrected chi connectivity index (χ2v) is 9.93. The molecule has 0 radical (unpaired) electrons. The van der Waals surface area contributed by atoms with E-state index in [1.165, 1.54) is 4.57 Å². The molecule has 2 saturated heterocycles. The Bertz CT molecular complexity index is 1400. The van der Waals surface area contributed by atoms with Crippen molar-refractivity contribution in [2.45, 2.75) is 18.4 Å². The van der Waals surface area contributed by atoms with Crippen LogP contribution in [0.1, 0.15) is 24.5 Å². The summed E-state index contributed by atoms with van der Waals surface area (Å²) in [6.45, 7) is 7.08. The average molecular weight is 555 g/mol. The number of nitrogens with one attached hydrogen (secondary N) is 1. The third-order valence-corrected chi connectivity index (χ3v) is 7.21. The predicted octanol–water partition coefficient (Wildman–Crippen LogP) is 1.38. The van der Waals surface area contributed by atoms with Crippen molar-refractivity contribution in [3.05, 3.63) is 47.8 Å². The number of imidazole rings is 1. The first-order chi connectivity index (χ1) is 19.5. The number of anilines is 1. The van der Waals surface area contributed by atoms with Gasteiger partial charge < -0.3 is 25.4 Å². The molecule has 6 rings (SSSR count). The summed E-state index contributed by atoms with van der Waals surface area (Å²) < 4.78 is 40.5. The second kappa shape index (κ2) is 11.5. The van der Waals surface area contributed by atoms with Crippen LogP contribution in [0.5, 0.6) is 0 Å². The van der Waals surface area contributed by atoms with Crippen molar-refractivity contribution in [3.8, 4) is 5.95 Å². The van der Waals surface area contributed by atoms with Crippen LogP contribution in [0.15, 0.2) is 41.2 Å². The van der Waals surface area contributed by atoms with Gasteiger partial charge in [-0.2, -0.15) is 15.0 Å². The van der Waals surface area contributed by atoms with Crippen molar-refractivity contribution in [2.75, 3.05) is 70.6 Å². The van der Waals surface area contributed by atoms with Crippen LogP contribution in [0.25, 0.3) is 17.0 Å². The van der Waals surface area contributed by atoms with E-state index >= 15 is 0 Å². The van der Waals surface area contributed by atoms with Gasteiger partial charge in [0.2, 0.25) is 11.9 Å². The lowest BCUT2D eigenvalue weighted by Gasteiger charge is -2.30. The second-order valence-electron chi connectivity index (χ2n) is 9.93. The molecular formula is C26H32F2N10O2. The molecule has 3 aliphatic rings. The summed E-state index contributed by atoms with van der Waals surface area (Å²) in [7, 11) is 0. The predicted molar refractivity (Wildman–Crippen MR) is 145 cm³/mol. The summed E-state index contributed by atoms with van der Waals surface area (Å²) in [5.74, 6) is 0.897. The summed E-state index contributed by atoms with van der Waals surface area (Å²) in [6, 6.07) is 6.90. The van der Waals surface area contributed by atoms with Crippen LogP contribution in [-0.2, 0) is 15.0 Å². The van der Waals surface area contributed by atoms with Crippen molar-refractivity contribution in [1.29, 1.82) is 0 Å². The maximum Gasteiger partial charge on any atom is 0.296 e. The number of aromatic nitrogens is 5. The average Bonchev–Trinajstić information content (AvgIpc) is 3.39. The van der Waals surface area contributed by atoms with Gasteiger partial charge in [0, 0.05) is 45.5 Å². The summed E-state index contributed by atoms with van der Waals surface area (Å²) in [6.07, 6.45) is 1.06. The number of halogens is 2. The van der Waals surface area contributed by atoms with Gasteiger partial charge in [-0.3, -0.25) is 9.47 Å². The molecule has 14 heteroatoms. The molecule has 0 amide bonds. The van der Waals surface area contributed by atoms with Gasteiger partial charge in [0.25, 0.3) is 6.43 Å². The summed E-state index contributed by atoms with van der Waals surface area (Å²) in [4.78, 5) is 26.9. The molecule has 0 spiro atoms. The monoisotopic (exact) mass is 554 g/mol. The van der Waals surface area contributed by atoms with Gasteiger partial charge in [0.1, 0.15) is 11.4 Å². The molecule has 1 unspecified atom stereocenters. The van der Waals surface area contributed by atoms with E-state index in [4.69, 9.17) is 20.2 Å². The number of benzene rings is 1. The minimum Gasteiger partial charge on any atom is -0.379 e. The highest BCUT2D eigenvalue weighted by molar-refractivity contribution is 5.78. The highest BCUT2D eigenvalue weighted by Gasteiger charge is 2.33. The number of para-hydroxylation sites is 2. The molecule has 0 saturated carbocycles. The van der Waals surface area contributed by atoms with E-state index in [9.17, 15) is 8.78 Å². The lowest BCUT2D eigenvalue weighted by Crippen LogP contribution is -2.44. The van der Waals surface area contributed by atoms with Gasteiger partial charge in [-0.1, -0.05) is 12.1 Å². The van der Waals surface area contributed by atoms with Crippen molar-refractivity contribution < 1.29 is 18.3 Å². The molecule has 1 aromatic carbocycles. The summed E-state index contributed by atoms with van der Waals surface area (Å²) in [5.41, 5.74) is 6.54. The Hall–Kier alpha value is -3.59. The van der Waals surface area contributed by atoms with Crippen LogP contribution in [0, 0.1) is 0 Å². The Kier molecular flexibility index (Phi) is 7.65. The topological polar surface area (TPSA) is 132 Å². The standard InChI is InChI=1S/C26H32F2N10O2/c27-21(28)22-32-18-3-1-2-4-19(18)38(22)25-34-23(33-24(35-25)37-11-15-40-16-12-37)26(29)6-5-20(31-17-26)30-7-8-36-9-13-39-14-10-36/h1-5,17,21,30H,6-16,29H2. The first-order valence-electron chi connectivity index (χ1n) is 13.4. The van der Waals surface area contributed by atoms with Gasteiger partial charge in [-0.05, 0) is 24.6 Å². The number of nitrogens with two attached hydrogens (primary N) is 1. The number of alkyl halides is 2. The number of fused-ring (bicyclic) bond motifs is 1. The highest BCUT2D eigenvalue weighted by atomic mass is 19.3. The lowest BCUT2D eigenvalue weighted by molar-refractivity contribution is 0.0387. The molecule has 3 aromatic rings. The zero-order chi connectivity index (χ0) is 27.5. The van der Waals surface area contributed by atoms with Gasteiger partial charge in [0.05, 0.1) is 37.5 Å². The van der Waals surface area contributed by atoms with E-state index in [1.54, 1.807) is 30.5 Å². The fourth-order valence-electron chi connectivity index (χ4n) is 4.96. The maximum atomic E-state index is 14.1. The molecule has 3 aliphatic heterocycles. The fourth-order valence-corrected chi connectivity index (χ4v) is 4.96. The van der Waals surface area contributed by atoms with Gasteiger partial charge >= 0.3 is 0 Å². The van der Waals surface area contributed by atoms with Crippen LogP contribution in [0.4, 0.5) is 14.7 Å². The smallest absolute Gasteiger partial charge is 0.296 e. The Labute approximate surface area is 229 Å². The first kappa shape index (κ1) is 26.6. The van der Waals surface area contributed by atoms with Crippen molar-refractivity contribution in [1.82, 2.24) is 34.7 Å². The van der Waals surface area contributed by atoms with E-state index < -0.39 is 17.8 Å². The van der Waals surface area contributed by atoms with Crippen LogP contribution in [0.3, 0.4) is 0 Å². The molecule has 2 fully saturated rings. The molecule has 12 nitrogen and oxygen atoms in total. The third-order valence-electron chi connectivity index (χ3n) is 7.21. The number of morpholine rings is 2. The quantitative estimate of drug-likeness (QED) is 0.421. The molecular weight excluding hydrogens is 522 g/mol. The minimum absolute atomic E-state index is 0.0344. The van der Waals surface area contributed by atoms with Gasteiger partial charge in [-0.25, -0.2) is 18.8 Å². The van der Waals surface area contributed by atoms with Crippen molar-refractivity contribution in [3.63, 3.8) is 0 Å². The first-order valence-corrected chi connectivity index (χ1v) is 13.4. The molecule has 5 heterocycles. The van der Waals surface area contributed by atoms with E-state index in [0.717, 1.165) is 45.2 Å². The van der Waals surface area contributed by atoms with Crippen molar-refractivity contribution in [2.24, 2.45) is 10.7 Å². The third kappa shape index (κ3) is 5.52. The number of ether oxygens (including phenoxy) is 2. The van der Waals surface area contributed by atoms with Gasteiger partial charge in [0.15, 0.2) is 11.6 Å². The SMILES string of the molecule is NC1(c2nc(N3CCOCC3)nc(-n3c(C(F)F)nc4ccccc43)n2)C=NC(NCCN2CCOCC2)=CC1. The van der Waals surface area contributed by atoms with Crippen LogP contribution >= 0.6 is 0 Å². The van der Waals surface area contributed by atoms with Gasteiger partial charge in [-0.15, -0.1) is 0 Å². The normalized spacial score (nSPS) is 22.2. The molecule has 1 atom stereocenters. The number of hydrogen-bond donors (Lipinski definition) is 2. The largest absolute Gasteiger partial charge is 0.379 e. The highest BCUT2D eigenvalue weighted by Crippen LogP contribution is 2.29. The number of nitrogens with zero attached hydrogens (tertiary/aromatic N) is 8. The molecule has 2 aromatic heterocycles. The molecule has 3 N–H and O–H groups in total. The van der Waals surface area contributed by atoms with Crippen molar-refractivity contribution >= 4 is 23.2 Å².